The van der Waals surface area contributed by atoms with Crippen LogP contribution < -0.4 is 38.9 Å². The molecule has 0 aliphatic heterocycles. The number of phenols is 1. The number of nitrogens with two attached hydrogens (primary N) is 4. The van der Waals surface area contributed by atoms with Gasteiger partial charge in [-0.2, -0.15) is 0 Å². The van der Waals surface area contributed by atoms with E-state index in [0.717, 1.165) is 0 Å². The molecule has 0 bridgehead atoms. The molecule has 226 valence electrons. The average molecular weight is 584 g/mol. The Kier molecular flexibility index (Phi) is 13.1. The smallest absolute Gasteiger partial charge is 0.322 e. The molecule has 2 rings (SSSR count). The Morgan fingerprint density at radius 3 is 1.98 bits per heavy atom. The van der Waals surface area contributed by atoms with E-state index in [2.05, 4.69) is 25.9 Å². The van der Waals surface area contributed by atoms with Crippen LogP contribution in [0.1, 0.15) is 24.0 Å². The van der Waals surface area contributed by atoms with Crippen molar-refractivity contribution < 1.29 is 29.4 Å². The van der Waals surface area contributed by atoms with Crippen LogP contribution in [0.5, 0.6) is 5.75 Å². The van der Waals surface area contributed by atoms with Gasteiger partial charge in [0, 0.05) is 19.4 Å². The Hall–Kier alpha value is -5.34. The largest absolute Gasteiger partial charge is 0.508 e. The van der Waals surface area contributed by atoms with Gasteiger partial charge in [-0.15, -0.1) is 0 Å². The second-order valence-electron chi connectivity index (χ2n) is 9.31. The second kappa shape index (κ2) is 16.7. The van der Waals surface area contributed by atoms with Gasteiger partial charge in [-0.25, -0.2) is 4.99 Å². The van der Waals surface area contributed by atoms with Crippen molar-refractivity contribution in [1.29, 1.82) is 0 Å². The van der Waals surface area contributed by atoms with Crippen LogP contribution in [0.2, 0.25) is 0 Å². The molecule has 0 spiro atoms. The summed E-state index contributed by atoms with van der Waals surface area (Å²) >= 11 is 0. The van der Waals surface area contributed by atoms with Crippen molar-refractivity contribution in [2.45, 2.75) is 43.8 Å². The molecule has 0 saturated carbocycles. The van der Waals surface area contributed by atoms with E-state index in [4.69, 9.17) is 28.0 Å². The van der Waals surface area contributed by atoms with Crippen molar-refractivity contribution in [3.8, 4) is 5.75 Å². The van der Waals surface area contributed by atoms with Gasteiger partial charge in [0.2, 0.25) is 17.7 Å². The van der Waals surface area contributed by atoms with E-state index in [0.29, 0.717) is 11.1 Å². The highest BCUT2D eigenvalue weighted by molar-refractivity contribution is 5.94. The molecule has 15 heteroatoms. The van der Waals surface area contributed by atoms with Crippen molar-refractivity contribution >= 4 is 35.6 Å². The predicted octanol–water partition coefficient (Wildman–Crippen LogP) is -1.96. The molecular weight excluding hydrogens is 546 g/mol. The maximum atomic E-state index is 13.5. The van der Waals surface area contributed by atoms with Gasteiger partial charge >= 0.3 is 5.97 Å². The van der Waals surface area contributed by atoms with E-state index in [1.165, 1.54) is 12.1 Å². The highest BCUT2D eigenvalue weighted by Gasteiger charge is 2.29. The predicted molar refractivity (Wildman–Crippen MR) is 156 cm³/mol. The number of nitrogens with zero attached hydrogens (tertiary/aromatic N) is 2. The normalized spacial score (nSPS) is 12.6. The first-order valence-corrected chi connectivity index (χ1v) is 13.0. The molecule has 42 heavy (non-hydrogen) atoms. The molecule has 0 fully saturated rings. The average Bonchev–Trinajstić information content (AvgIpc) is 2.93. The molecule has 13 N–H and O–H groups in total. The zero-order chi connectivity index (χ0) is 31.1. The van der Waals surface area contributed by atoms with Crippen molar-refractivity contribution in [3.63, 3.8) is 0 Å². The van der Waals surface area contributed by atoms with Crippen molar-refractivity contribution in [1.82, 2.24) is 16.0 Å². The summed E-state index contributed by atoms with van der Waals surface area (Å²) in [5.41, 5.74) is 23.2. The van der Waals surface area contributed by atoms with Crippen molar-refractivity contribution in [2.75, 3.05) is 13.1 Å². The number of rotatable bonds is 16. The fourth-order valence-electron chi connectivity index (χ4n) is 3.89. The first-order valence-electron chi connectivity index (χ1n) is 13.0. The van der Waals surface area contributed by atoms with Crippen LogP contribution in [0.25, 0.3) is 0 Å². The zero-order valence-electron chi connectivity index (χ0n) is 22.9. The lowest BCUT2D eigenvalue weighted by Gasteiger charge is -2.24. The lowest BCUT2D eigenvalue weighted by molar-refractivity contribution is -0.138. The number of hydrogen-bond donors (Lipinski definition) is 9. The molecule has 0 aliphatic carbocycles. The summed E-state index contributed by atoms with van der Waals surface area (Å²) in [5, 5.41) is 26.1. The SMILES string of the molecule is NC(N)=NCCC[C@@H](NC(=O)[C@H](Cc1ccc(O)cc1)N=C(N)N)C(=O)N[C@@H](Cc1ccccc1)C(=O)NCC(=O)O. The number of aromatic hydroxyl groups is 1. The van der Waals surface area contributed by atoms with Gasteiger partial charge in [-0.3, -0.25) is 24.2 Å². The minimum absolute atomic E-state index is 0.0385. The van der Waals surface area contributed by atoms with E-state index in [1.807, 2.05) is 0 Å². The highest BCUT2D eigenvalue weighted by atomic mass is 16.4. The van der Waals surface area contributed by atoms with Crippen molar-refractivity contribution in [3.05, 3.63) is 65.7 Å². The van der Waals surface area contributed by atoms with Crippen LogP contribution in [0.3, 0.4) is 0 Å². The maximum Gasteiger partial charge on any atom is 0.322 e. The molecule has 15 nitrogen and oxygen atoms in total. The third-order valence-corrected chi connectivity index (χ3v) is 5.88. The summed E-state index contributed by atoms with van der Waals surface area (Å²) in [7, 11) is 0. The Bertz CT molecular complexity index is 1260. The first kappa shape index (κ1) is 32.9. The summed E-state index contributed by atoms with van der Waals surface area (Å²) in [5.74, 6) is -3.79. The third kappa shape index (κ3) is 12.2. The van der Waals surface area contributed by atoms with Gasteiger partial charge in [-0.1, -0.05) is 42.5 Å². The maximum absolute atomic E-state index is 13.5. The number of guanidine groups is 2. The summed E-state index contributed by atoms with van der Waals surface area (Å²) in [4.78, 5) is 58.5. The van der Waals surface area contributed by atoms with E-state index >= 15 is 0 Å². The Balaban J connectivity index is 2.28. The van der Waals surface area contributed by atoms with Crippen LogP contribution in [-0.2, 0) is 32.0 Å². The summed E-state index contributed by atoms with van der Waals surface area (Å²) in [6.07, 6.45) is 0.484. The summed E-state index contributed by atoms with van der Waals surface area (Å²) in [6, 6.07) is 11.5. The van der Waals surface area contributed by atoms with Crippen LogP contribution in [0.15, 0.2) is 64.6 Å². The monoisotopic (exact) mass is 583 g/mol. The molecule has 2 aromatic carbocycles. The van der Waals surface area contributed by atoms with Gasteiger partial charge in [-0.05, 0) is 36.1 Å². The Morgan fingerprint density at radius 1 is 0.762 bits per heavy atom. The lowest BCUT2D eigenvalue weighted by atomic mass is 10.0. The van der Waals surface area contributed by atoms with E-state index < -0.39 is 48.4 Å². The molecule has 0 radical (unpaired) electrons. The molecular formula is C27H37N9O6. The second-order valence-corrected chi connectivity index (χ2v) is 9.31. The standard InChI is InChI=1S/C27H37N9O6/c28-26(29)32-12-4-7-19(34-25(42)21(36-27(30)31)14-17-8-10-18(37)11-9-17)24(41)35-20(23(40)33-15-22(38)39)13-16-5-2-1-3-6-16/h1-3,5-6,8-11,19-21,37H,4,7,12-15H2,(H,33,40)(H,34,42)(H,35,41)(H,38,39)(H4,28,29,32)(H4,30,31,36)/t19-,20+,21+/m1/s1. The molecule has 0 unspecified atom stereocenters. The summed E-state index contributed by atoms with van der Waals surface area (Å²) in [6.45, 7) is -0.477. The number of aliphatic imine (C=N–C) groups is 2. The van der Waals surface area contributed by atoms with E-state index in [1.54, 1.807) is 42.5 Å². The van der Waals surface area contributed by atoms with Crippen LogP contribution in [-0.4, -0.2) is 77.0 Å². The highest BCUT2D eigenvalue weighted by Crippen LogP contribution is 2.13. The number of nitrogens with one attached hydrogen (secondary N) is 3. The number of carbonyl (C=O) groups is 4. The van der Waals surface area contributed by atoms with E-state index in [9.17, 15) is 24.3 Å². The minimum atomic E-state index is -1.25. The topological polar surface area (TPSA) is 274 Å². The Morgan fingerprint density at radius 2 is 1.38 bits per heavy atom. The first-order chi connectivity index (χ1) is 19.9. The van der Waals surface area contributed by atoms with Gasteiger partial charge < -0.3 is 49.1 Å². The van der Waals surface area contributed by atoms with Gasteiger partial charge in [0.1, 0.15) is 30.4 Å². The number of phenolic OH excluding ortho intramolecular Hbond substituents is 1. The molecule has 2 aromatic rings. The molecule has 0 aromatic heterocycles. The van der Waals surface area contributed by atoms with E-state index in [-0.39, 0.29) is 49.9 Å². The summed E-state index contributed by atoms with van der Waals surface area (Å²) < 4.78 is 0. The number of aliphatic carboxylic acids is 1. The molecule has 0 saturated heterocycles. The number of carboxylic acid groups (broad SMARTS) is 1. The number of hydrogen-bond acceptors (Lipinski definition) is 7. The van der Waals surface area contributed by atoms with Gasteiger partial charge in [0.15, 0.2) is 11.9 Å². The molecule has 0 aliphatic rings. The number of carbonyl (C=O) groups excluding carboxylic acids is 3. The molecule has 0 heterocycles. The number of amides is 3. The zero-order valence-corrected chi connectivity index (χ0v) is 22.9. The number of benzene rings is 2. The van der Waals surface area contributed by atoms with Crippen LogP contribution >= 0.6 is 0 Å². The fourth-order valence-corrected chi connectivity index (χ4v) is 3.89. The lowest BCUT2D eigenvalue weighted by Crippen LogP contribution is -2.56. The van der Waals surface area contributed by atoms with Crippen LogP contribution in [0, 0.1) is 0 Å². The third-order valence-electron chi connectivity index (χ3n) is 5.88. The minimum Gasteiger partial charge on any atom is -0.508 e. The molecule has 3 atom stereocenters. The van der Waals surface area contributed by atoms with Gasteiger partial charge in [0.05, 0.1) is 0 Å². The van der Waals surface area contributed by atoms with Gasteiger partial charge in [0.25, 0.3) is 0 Å². The Labute approximate surface area is 242 Å². The molecule has 3 amide bonds. The fraction of sp³-hybridized carbons (Fsp3) is 0.333. The van der Waals surface area contributed by atoms with Crippen molar-refractivity contribution in [2.24, 2.45) is 32.9 Å². The quantitative estimate of drug-likeness (QED) is 0.0598. The van der Waals surface area contributed by atoms with Crippen LogP contribution in [0.4, 0.5) is 0 Å². The number of carboxylic acids is 1.